The fourth-order valence-electron chi connectivity index (χ4n) is 2.30. The standard InChI is InChI=1S/C13H22N4/c1-4-12-15-10(3)7-13(16-12)17-6-5-11(14)9(2)8-17/h7,9,11H,4-6,8,14H2,1-3H3. The smallest absolute Gasteiger partial charge is 0.132 e. The topological polar surface area (TPSA) is 55.0 Å². The van der Waals surface area contributed by atoms with Gasteiger partial charge in [0.2, 0.25) is 0 Å². The van der Waals surface area contributed by atoms with E-state index < -0.39 is 0 Å². The molecule has 4 nitrogen and oxygen atoms in total. The Kier molecular flexibility index (Phi) is 3.62. The second kappa shape index (κ2) is 5.00. The van der Waals surface area contributed by atoms with Crippen LogP contribution in [0.15, 0.2) is 6.07 Å². The van der Waals surface area contributed by atoms with Gasteiger partial charge in [-0.1, -0.05) is 13.8 Å². The van der Waals surface area contributed by atoms with Crippen LogP contribution in [0.5, 0.6) is 0 Å². The Hall–Kier alpha value is -1.16. The highest BCUT2D eigenvalue weighted by atomic mass is 15.2. The number of hydrogen-bond acceptors (Lipinski definition) is 4. The highest BCUT2D eigenvalue weighted by Gasteiger charge is 2.24. The second-order valence-corrected chi connectivity index (χ2v) is 5.01. The van der Waals surface area contributed by atoms with E-state index in [4.69, 9.17) is 5.73 Å². The van der Waals surface area contributed by atoms with Crippen LogP contribution in [-0.2, 0) is 6.42 Å². The van der Waals surface area contributed by atoms with Gasteiger partial charge in [0.15, 0.2) is 0 Å². The van der Waals surface area contributed by atoms with Gasteiger partial charge in [-0.05, 0) is 19.3 Å². The lowest BCUT2D eigenvalue weighted by Gasteiger charge is -2.36. The Bertz CT molecular complexity index is 391. The molecule has 1 aromatic rings. The molecule has 4 heteroatoms. The monoisotopic (exact) mass is 234 g/mol. The summed E-state index contributed by atoms with van der Waals surface area (Å²) >= 11 is 0. The van der Waals surface area contributed by atoms with Gasteiger partial charge in [0.05, 0.1) is 0 Å². The van der Waals surface area contributed by atoms with Crippen LogP contribution in [0.4, 0.5) is 5.82 Å². The van der Waals surface area contributed by atoms with Gasteiger partial charge in [-0.15, -0.1) is 0 Å². The Labute approximate surface area is 103 Å². The van der Waals surface area contributed by atoms with Gasteiger partial charge in [-0.3, -0.25) is 0 Å². The van der Waals surface area contributed by atoms with Crippen LogP contribution in [0.3, 0.4) is 0 Å². The normalized spacial score (nSPS) is 25.1. The van der Waals surface area contributed by atoms with Crippen LogP contribution >= 0.6 is 0 Å². The fourth-order valence-corrected chi connectivity index (χ4v) is 2.30. The lowest BCUT2D eigenvalue weighted by molar-refractivity contribution is 0.381. The lowest BCUT2D eigenvalue weighted by atomic mass is 9.95. The Balaban J connectivity index is 2.19. The molecular weight excluding hydrogens is 212 g/mol. The van der Waals surface area contributed by atoms with Gasteiger partial charge in [-0.25, -0.2) is 9.97 Å². The van der Waals surface area contributed by atoms with Gasteiger partial charge in [0.1, 0.15) is 11.6 Å². The maximum Gasteiger partial charge on any atom is 0.132 e. The molecule has 0 aromatic carbocycles. The summed E-state index contributed by atoms with van der Waals surface area (Å²) in [4.78, 5) is 11.4. The Morgan fingerprint density at radius 3 is 2.88 bits per heavy atom. The zero-order chi connectivity index (χ0) is 12.4. The SMILES string of the molecule is CCc1nc(C)cc(N2CCC(N)C(C)C2)n1. The van der Waals surface area contributed by atoms with Crippen LogP contribution in [0.25, 0.3) is 0 Å². The number of aryl methyl sites for hydroxylation is 2. The molecule has 1 saturated heterocycles. The second-order valence-electron chi connectivity index (χ2n) is 5.01. The van der Waals surface area contributed by atoms with Crippen molar-refractivity contribution in [1.29, 1.82) is 0 Å². The van der Waals surface area contributed by atoms with E-state index in [9.17, 15) is 0 Å². The van der Waals surface area contributed by atoms with Crippen molar-refractivity contribution < 1.29 is 0 Å². The number of nitrogens with two attached hydrogens (primary N) is 1. The van der Waals surface area contributed by atoms with Gasteiger partial charge in [0, 0.05) is 37.3 Å². The van der Waals surface area contributed by atoms with Crippen molar-refractivity contribution in [1.82, 2.24) is 9.97 Å². The van der Waals surface area contributed by atoms with E-state index in [1.165, 1.54) is 0 Å². The summed E-state index contributed by atoms with van der Waals surface area (Å²) in [5, 5.41) is 0. The first kappa shape index (κ1) is 12.3. The third kappa shape index (κ3) is 2.75. The number of rotatable bonds is 2. The van der Waals surface area contributed by atoms with E-state index >= 15 is 0 Å². The first-order chi connectivity index (χ1) is 8.10. The maximum absolute atomic E-state index is 6.05. The zero-order valence-electron chi connectivity index (χ0n) is 11.0. The number of piperidine rings is 1. The van der Waals surface area contributed by atoms with E-state index in [2.05, 4.69) is 34.8 Å². The van der Waals surface area contributed by atoms with Crippen molar-refractivity contribution >= 4 is 5.82 Å². The summed E-state index contributed by atoms with van der Waals surface area (Å²) in [6.07, 6.45) is 1.93. The summed E-state index contributed by atoms with van der Waals surface area (Å²) < 4.78 is 0. The van der Waals surface area contributed by atoms with Gasteiger partial charge in [-0.2, -0.15) is 0 Å². The average molecular weight is 234 g/mol. The van der Waals surface area contributed by atoms with Crippen LogP contribution in [0.2, 0.25) is 0 Å². The minimum absolute atomic E-state index is 0.333. The first-order valence-corrected chi connectivity index (χ1v) is 6.45. The summed E-state index contributed by atoms with van der Waals surface area (Å²) in [6, 6.07) is 2.41. The summed E-state index contributed by atoms with van der Waals surface area (Å²) in [6.45, 7) is 8.34. The molecule has 17 heavy (non-hydrogen) atoms. The molecule has 0 saturated carbocycles. The molecule has 0 amide bonds. The predicted octanol–water partition coefficient (Wildman–Crippen LogP) is 1.52. The molecule has 0 bridgehead atoms. The Morgan fingerprint density at radius 2 is 2.24 bits per heavy atom. The van der Waals surface area contributed by atoms with Crippen molar-refractivity contribution in [3.63, 3.8) is 0 Å². The molecule has 0 radical (unpaired) electrons. The minimum Gasteiger partial charge on any atom is -0.356 e. The molecule has 1 aliphatic rings. The molecule has 2 unspecified atom stereocenters. The molecule has 2 N–H and O–H groups in total. The van der Waals surface area contributed by atoms with Crippen LogP contribution < -0.4 is 10.6 Å². The molecule has 94 valence electrons. The first-order valence-electron chi connectivity index (χ1n) is 6.45. The predicted molar refractivity (Wildman–Crippen MR) is 70.1 cm³/mol. The molecule has 2 heterocycles. The number of nitrogens with zero attached hydrogens (tertiary/aromatic N) is 3. The third-order valence-corrected chi connectivity index (χ3v) is 3.50. The highest BCUT2D eigenvalue weighted by Crippen LogP contribution is 2.21. The van der Waals surface area contributed by atoms with E-state index in [0.717, 1.165) is 43.3 Å². The van der Waals surface area contributed by atoms with Gasteiger partial charge >= 0.3 is 0 Å². The van der Waals surface area contributed by atoms with E-state index in [1.54, 1.807) is 0 Å². The summed E-state index contributed by atoms with van der Waals surface area (Å²) in [7, 11) is 0. The molecule has 0 aliphatic carbocycles. The summed E-state index contributed by atoms with van der Waals surface area (Å²) in [5.74, 6) is 2.53. The molecule has 1 aliphatic heterocycles. The molecule has 1 aromatic heterocycles. The third-order valence-electron chi connectivity index (χ3n) is 3.50. The van der Waals surface area contributed by atoms with Crippen molar-refractivity contribution in [3.05, 3.63) is 17.6 Å². The average Bonchev–Trinajstić information content (AvgIpc) is 2.32. The Morgan fingerprint density at radius 1 is 1.47 bits per heavy atom. The molecule has 0 spiro atoms. The molecule has 2 atom stereocenters. The quantitative estimate of drug-likeness (QED) is 0.843. The maximum atomic E-state index is 6.05. The minimum atomic E-state index is 0.333. The fraction of sp³-hybridized carbons (Fsp3) is 0.692. The number of hydrogen-bond donors (Lipinski definition) is 1. The summed E-state index contributed by atoms with van der Waals surface area (Å²) in [5.41, 5.74) is 7.10. The lowest BCUT2D eigenvalue weighted by Crippen LogP contribution is -2.46. The molecule has 1 fully saturated rings. The van der Waals surface area contributed by atoms with Crippen molar-refractivity contribution in [2.45, 2.75) is 39.7 Å². The van der Waals surface area contributed by atoms with Gasteiger partial charge < -0.3 is 10.6 Å². The number of anilines is 1. The largest absolute Gasteiger partial charge is 0.356 e. The van der Waals surface area contributed by atoms with Gasteiger partial charge in [0.25, 0.3) is 0 Å². The van der Waals surface area contributed by atoms with E-state index in [-0.39, 0.29) is 0 Å². The van der Waals surface area contributed by atoms with E-state index in [1.807, 2.05) is 6.92 Å². The molecule has 2 rings (SSSR count). The van der Waals surface area contributed by atoms with Crippen molar-refractivity contribution in [2.24, 2.45) is 11.7 Å². The van der Waals surface area contributed by atoms with Crippen LogP contribution in [-0.4, -0.2) is 29.1 Å². The van der Waals surface area contributed by atoms with Crippen molar-refractivity contribution in [3.8, 4) is 0 Å². The van der Waals surface area contributed by atoms with Crippen LogP contribution in [0, 0.1) is 12.8 Å². The molecular formula is C13H22N4. The number of aromatic nitrogens is 2. The van der Waals surface area contributed by atoms with Crippen LogP contribution in [0.1, 0.15) is 31.8 Å². The van der Waals surface area contributed by atoms with E-state index in [0.29, 0.717) is 12.0 Å². The zero-order valence-corrected chi connectivity index (χ0v) is 11.0. The highest BCUT2D eigenvalue weighted by molar-refractivity contribution is 5.40. The van der Waals surface area contributed by atoms with Crippen molar-refractivity contribution in [2.75, 3.05) is 18.0 Å².